The summed E-state index contributed by atoms with van der Waals surface area (Å²) in [5.41, 5.74) is 12.9. The van der Waals surface area contributed by atoms with E-state index in [-0.39, 0.29) is 10.8 Å². The normalized spacial score (nSPS) is 16.2. The molecule has 2 aromatic rings. The molecule has 322 valence electrons. The van der Waals surface area contributed by atoms with Gasteiger partial charge in [0.25, 0.3) is 0 Å². The number of allylic oxidation sites excluding steroid dienone is 7. The number of fused-ring (bicyclic) bond motifs is 1. The van der Waals surface area contributed by atoms with Crippen molar-refractivity contribution in [1.82, 2.24) is 23.5 Å². The molecule has 0 amide bonds. The largest absolute Gasteiger partial charge is 0.391 e. The zero-order chi connectivity index (χ0) is 44.0. The number of rotatable bonds is 25. The van der Waals surface area contributed by atoms with Crippen LogP contribution in [0.4, 0.5) is 5.69 Å². The quantitative estimate of drug-likeness (QED) is 0.0303. The van der Waals surface area contributed by atoms with Crippen LogP contribution in [0.3, 0.4) is 0 Å². The standard InChI is InChI=1S/C52H77IN6/c1-16-20-22-49(41(7)54-14)52(18-3)32-45-25-28-48(31-46(45)33-52)56-40(6)35-59(37-44(17-2)39(5)34-57(15)53)42(8)51(12,13)47-26-23-43(24-27-47)36-58(38-55-19-4)30-21-29-50(9,10)11/h17-20,22-28,31,54-56H,3-6,8,16,21,29-30,32-38H2,1-2,7,9-15H3/b22-20-,44-17-,49-41-. The van der Waals surface area contributed by atoms with Gasteiger partial charge in [-0.25, -0.2) is 3.11 Å². The summed E-state index contributed by atoms with van der Waals surface area (Å²) >= 11 is 2.33. The molecule has 0 heterocycles. The molecule has 0 fully saturated rings. The highest BCUT2D eigenvalue weighted by Gasteiger charge is 2.38. The van der Waals surface area contributed by atoms with E-state index in [2.05, 4.69) is 207 Å². The molecule has 3 N–H and O–H groups in total. The summed E-state index contributed by atoms with van der Waals surface area (Å²) in [4.78, 5) is 4.84. The summed E-state index contributed by atoms with van der Waals surface area (Å²) in [5, 5.41) is 10.4. The van der Waals surface area contributed by atoms with Crippen LogP contribution in [0.5, 0.6) is 0 Å². The fourth-order valence-electron chi connectivity index (χ4n) is 8.05. The molecule has 6 nitrogen and oxygen atoms in total. The van der Waals surface area contributed by atoms with Crippen LogP contribution in [0.15, 0.2) is 140 Å². The molecule has 0 aliphatic heterocycles. The second-order valence-corrected chi connectivity index (χ2v) is 19.8. The minimum absolute atomic E-state index is 0.152. The van der Waals surface area contributed by atoms with Gasteiger partial charge in [-0.2, -0.15) is 0 Å². The van der Waals surface area contributed by atoms with Crippen LogP contribution in [0, 0.1) is 10.8 Å². The van der Waals surface area contributed by atoms with Crippen molar-refractivity contribution in [3.63, 3.8) is 0 Å². The van der Waals surface area contributed by atoms with Gasteiger partial charge >= 0.3 is 0 Å². The molecule has 7 heteroatoms. The molecule has 0 saturated carbocycles. The number of hydrogen-bond donors (Lipinski definition) is 3. The van der Waals surface area contributed by atoms with Crippen molar-refractivity contribution in [3.8, 4) is 0 Å². The smallest absolute Gasteiger partial charge is 0.0675 e. The van der Waals surface area contributed by atoms with Gasteiger partial charge in [0.1, 0.15) is 0 Å². The Labute approximate surface area is 374 Å². The van der Waals surface area contributed by atoms with Crippen molar-refractivity contribution in [2.45, 2.75) is 99.5 Å². The summed E-state index contributed by atoms with van der Waals surface area (Å²) in [6.07, 6.45) is 15.9. The van der Waals surface area contributed by atoms with Crippen LogP contribution in [0.1, 0.15) is 96.9 Å². The van der Waals surface area contributed by atoms with Crippen LogP contribution in [0.2, 0.25) is 0 Å². The Bertz CT molecular complexity index is 1850. The molecule has 1 atom stereocenters. The molecule has 0 aromatic heterocycles. The summed E-state index contributed by atoms with van der Waals surface area (Å²) in [7, 11) is 4.08. The first-order valence-electron chi connectivity index (χ1n) is 21.4. The number of anilines is 1. The Kier molecular flexibility index (Phi) is 19.1. The van der Waals surface area contributed by atoms with E-state index in [0.717, 1.165) is 74.6 Å². The zero-order valence-electron chi connectivity index (χ0n) is 38.5. The third kappa shape index (κ3) is 14.4. The molecule has 1 aliphatic carbocycles. The molecule has 0 radical (unpaired) electrons. The zero-order valence-corrected chi connectivity index (χ0v) is 40.6. The number of halogens is 1. The van der Waals surface area contributed by atoms with Crippen molar-refractivity contribution in [2.75, 3.05) is 52.3 Å². The first-order chi connectivity index (χ1) is 27.8. The SMILES string of the molecule is C=CNCN(CCCC(C)(C)C)Cc1ccc(C(C)(C)C(=C)N(CC(=C)Nc2ccc3c(c2)CC(C=C)(C(/C=C\CC)=C(/C)NC)C3)C/C(=C/C)C(=C)CN(C)I)cc1. The van der Waals surface area contributed by atoms with E-state index < -0.39 is 0 Å². The summed E-state index contributed by atoms with van der Waals surface area (Å²) in [5.74, 6) is 0. The third-order valence-electron chi connectivity index (χ3n) is 11.8. The minimum Gasteiger partial charge on any atom is -0.391 e. The van der Waals surface area contributed by atoms with Gasteiger partial charge in [-0.15, -0.1) is 6.58 Å². The second kappa shape index (κ2) is 22.7. The Morgan fingerprint density at radius 2 is 1.63 bits per heavy atom. The predicted molar refractivity (Wildman–Crippen MR) is 267 cm³/mol. The van der Waals surface area contributed by atoms with Crippen molar-refractivity contribution in [1.29, 1.82) is 0 Å². The first-order valence-corrected chi connectivity index (χ1v) is 22.4. The molecule has 59 heavy (non-hydrogen) atoms. The van der Waals surface area contributed by atoms with Gasteiger partial charge in [0.15, 0.2) is 0 Å². The topological polar surface area (TPSA) is 45.8 Å². The lowest BCUT2D eigenvalue weighted by Crippen LogP contribution is -2.37. The first kappa shape index (κ1) is 49.6. The number of nitrogens with one attached hydrogen (secondary N) is 3. The monoisotopic (exact) mass is 913 g/mol. The average molecular weight is 913 g/mol. The highest BCUT2D eigenvalue weighted by Crippen LogP contribution is 2.46. The highest BCUT2D eigenvalue weighted by molar-refractivity contribution is 14.1. The van der Waals surface area contributed by atoms with E-state index in [1.165, 1.54) is 45.5 Å². The Morgan fingerprint density at radius 1 is 0.949 bits per heavy atom. The Hall–Kier alpha value is -3.79. The second-order valence-electron chi connectivity index (χ2n) is 18.1. The van der Waals surface area contributed by atoms with Gasteiger partial charge < -0.3 is 20.9 Å². The van der Waals surface area contributed by atoms with Crippen molar-refractivity contribution < 1.29 is 0 Å². The Morgan fingerprint density at radius 3 is 2.20 bits per heavy atom. The molecule has 1 aliphatic rings. The molecule has 0 spiro atoms. The summed E-state index contributed by atoms with van der Waals surface area (Å²) < 4.78 is 2.14. The Balaban J connectivity index is 1.87. The third-order valence-corrected chi connectivity index (χ3v) is 12.1. The lowest BCUT2D eigenvalue weighted by molar-refractivity contribution is 0.233. The molecule has 0 bridgehead atoms. The maximum absolute atomic E-state index is 4.80. The van der Waals surface area contributed by atoms with Crippen LogP contribution in [0.25, 0.3) is 0 Å². The van der Waals surface area contributed by atoms with E-state index in [0.29, 0.717) is 18.5 Å². The number of likely N-dealkylation sites (N-methyl/N-ethyl adjacent to an activating group) is 1. The fraction of sp³-hybridized carbons (Fsp3) is 0.462. The number of benzene rings is 2. The van der Waals surface area contributed by atoms with E-state index in [1.807, 2.05) is 7.05 Å². The van der Waals surface area contributed by atoms with E-state index in [1.54, 1.807) is 6.20 Å². The van der Waals surface area contributed by atoms with Gasteiger partial charge in [-0.3, -0.25) is 4.90 Å². The predicted octanol–water partition coefficient (Wildman–Crippen LogP) is 12.2. The lowest BCUT2D eigenvalue weighted by atomic mass is 9.76. The van der Waals surface area contributed by atoms with Crippen LogP contribution < -0.4 is 16.0 Å². The van der Waals surface area contributed by atoms with E-state index in [9.17, 15) is 0 Å². The molecular weight excluding hydrogens is 836 g/mol. The molecule has 3 rings (SSSR count). The maximum atomic E-state index is 4.80. The minimum atomic E-state index is -0.347. The van der Waals surface area contributed by atoms with Crippen LogP contribution in [-0.4, -0.2) is 59.9 Å². The molecule has 1 unspecified atom stereocenters. The fourth-order valence-corrected chi connectivity index (χ4v) is 8.46. The van der Waals surface area contributed by atoms with Crippen molar-refractivity contribution in [3.05, 3.63) is 162 Å². The van der Waals surface area contributed by atoms with Crippen LogP contribution >= 0.6 is 22.9 Å². The summed E-state index contributed by atoms with van der Waals surface area (Å²) in [6.45, 7) is 44.8. The van der Waals surface area contributed by atoms with Gasteiger partial charge in [-0.1, -0.05) is 122 Å². The van der Waals surface area contributed by atoms with Gasteiger partial charge in [0.2, 0.25) is 0 Å². The van der Waals surface area contributed by atoms with Gasteiger partial charge in [-0.05, 0) is 116 Å². The molecule has 2 aromatic carbocycles. The van der Waals surface area contributed by atoms with Gasteiger partial charge in [0, 0.05) is 89.7 Å². The van der Waals surface area contributed by atoms with E-state index in [4.69, 9.17) is 6.58 Å². The maximum Gasteiger partial charge on any atom is 0.0675 e. The number of hydrogen-bond acceptors (Lipinski definition) is 6. The van der Waals surface area contributed by atoms with E-state index >= 15 is 0 Å². The van der Waals surface area contributed by atoms with Gasteiger partial charge in [0.05, 0.1) is 13.2 Å². The van der Waals surface area contributed by atoms with Crippen LogP contribution in [-0.2, 0) is 24.8 Å². The molecule has 0 saturated heterocycles. The lowest BCUT2D eigenvalue weighted by Gasteiger charge is -2.38. The van der Waals surface area contributed by atoms with Crippen molar-refractivity contribution in [2.24, 2.45) is 10.8 Å². The number of nitrogens with zero attached hydrogens (tertiary/aromatic N) is 3. The van der Waals surface area contributed by atoms with Crippen molar-refractivity contribution >= 4 is 28.6 Å². The highest BCUT2D eigenvalue weighted by atomic mass is 127. The average Bonchev–Trinajstić information content (AvgIpc) is 3.56. The summed E-state index contributed by atoms with van der Waals surface area (Å²) in [6, 6.07) is 15.9. The molecular formula is C52H77IN6.